The highest BCUT2D eigenvalue weighted by atomic mass is 35.5. The van der Waals surface area contributed by atoms with Crippen LogP contribution in [0.4, 0.5) is 10.7 Å². The first kappa shape index (κ1) is 26.7. The molecule has 1 fully saturated rings. The predicted octanol–water partition coefficient (Wildman–Crippen LogP) is 3.56. The third kappa shape index (κ3) is 5.95. The number of H-pyrrole nitrogens is 1. The fourth-order valence-corrected chi connectivity index (χ4v) is 4.51. The van der Waals surface area contributed by atoms with Crippen molar-refractivity contribution >= 4 is 40.5 Å². The SMILES string of the molecule is CC[n+]1[nH]cc(CN(C)C(=O)c2nc(N3CCN(C(=O)OC(C)(C)C)CC3)nc3ccc(Cl)cc23)c1C. The van der Waals surface area contributed by atoms with Crippen molar-refractivity contribution in [2.45, 2.75) is 53.3 Å². The third-order valence-corrected chi connectivity index (χ3v) is 6.63. The van der Waals surface area contributed by atoms with Crippen LogP contribution in [0.2, 0.25) is 5.02 Å². The Kier molecular flexibility index (Phi) is 7.59. The summed E-state index contributed by atoms with van der Waals surface area (Å²) in [5.74, 6) is 0.240. The van der Waals surface area contributed by atoms with Gasteiger partial charge in [0.15, 0.2) is 6.54 Å². The van der Waals surface area contributed by atoms with Crippen molar-refractivity contribution in [1.82, 2.24) is 24.9 Å². The van der Waals surface area contributed by atoms with Crippen LogP contribution in [0.5, 0.6) is 0 Å². The number of aromatic nitrogens is 4. The van der Waals surface area contributed by atoms with Crippen LogP contribution in [0, 0.1) is 6.92 Å². The number of nitrogens with one attached hydrogen (secondary N) is 1. The highest BCUT2D eigenvalue weighted by Gasteiger charge is 2.28. The lowest BCUT2D eigenvalue weighted by Crippen LogP contribution is -2.50. The molecule has 1 aromatic carbocycles. The van der Waals surface area contributed by atoms with E-state index >= 15 is 0 Å². The molecule has 0 saturated carbocycles. The maximum atomic E-state index is 13.7. The van der Waals surface area contributed by atoms with Crippen LogP contribution in [0.1, 0.15) is 49.4 Å². The number of hydrogen-bond donors (Lipinski definition) is 1. The van der Waals surface area contributed by atoms with Gasteiger partial charge in [-0.05, 0) is 45.9 Å². The average molecular weight is 529 g/mol. The van der Waals surface area contributed by atoms with Crippen molar-refractivity contribution in [2.24, 2.45) is 0 Å². The van der Waals surface area contributed by atoms with Crippen LogP contribution in [0.15, 0.2) is 24.4 Å². The third-order valence-electron chi connectivity index (χ3n) is 6.40. The van der Waals surface area contributed by atoms with Crippen molar-refractivity contribution in [2.75, 3.05) is 38.1 Å². The largest absolute Gasteiger partial charge is 0.444 e. The summed E-state index contributed by atoms with van der Waals surface area (Å²) < 4.78 is 7.53. The number of hydrogen-bond acceptors (Lipinski definition) is 6. The van der Waals surface area contributed by atoms with Crippen LogP contribution in [-0.4, -0.2) is 75.7 Å². The number of nitrogens with zero attached hydrogens (tertiary/aromatic N) is 6. The molecule has 37 heavy (non-hydrogen) atoms. The Morgan fingerprint density at radius 3 is 2.51 bits per heavy atom. The number of carbonyl (C=O) groups excluding carboxylic acids is 2. The summed E-state index contributed by atoms with van der Waals surface area (Å²) in [7, 11) is 1.77. The van der Waals surface area contributed by atoms with Gasteiger partial charge < -0.3 is 19.4 Å². The average Bonchev–Trinajstić information content (AvgIpc) is 3.20. The first-order valence-electron chi connectivity index (χ1n) is 12.5. The van der Waals surface area contributed by atoms with Crippen LogP contribution < -0.4 is 9.58 Å². The standard InChI is InChI=1S/C26H34ClN7O3/c1-7-34-17(2)18(15-28-34)16-31(6)23(35)22-20-14-19(27)8-9-21(20)29-24(30-22)32-10-12-33(13-11-32)25(36)37-26(3,4)5/h8-9,14-15H,7,10-13,16H2,1-6H3/p+1. The van der Waals surface area contributed by atoms with Crippen molar-refractivity contribution in [3.8, 4) is 0 Å². The second kappa shape index (κ2) is 10.5. The molecule has 3 heterocycles. The van der Waals surface area contributed by atoms with Crippen molar-refractivity contribution < 1.29 is 19.0 Å². The predicted molar refractivity (Wildman–Crippen MR) is 142 cm³/mol. The van der Waals surface area contributed by atoms with Gasteiger partial charge in [-0.25, -0.2) is 14.8 Å². The van der Waals surface area contributed by atoms with E-state index in [0.717, 1.165) is 17.8 Å². The number of aryl methyl sites for hydroxylation is 1. The maximum absolute atomic E-state index is 13.7. The van der Waals surface area contributed by atoms with Gasteiger partial charge in [0, 0.05) is 50.6 Å². The van der Waals surface area contributed by atoms with Gasteiger partial charge in [0.1, 0.15) is 11.3 Å². The molecule has 2 amide bonds. The van der Waals surface area contributed by atoms with Crippen molar-refractivity contribution in [3.63, 3.8) is 0 Å². The minimum Gasteiger partial charge on any atom is -0.444 e. The Labute approximate surface area is 222 Å². The van der Waals surface area contributed by atoms with E-state index in [4.69, 9.17) is 26.3 Å². The van der Waals surface area contributed by atoms with E-state index < -0.39 is 5.60 Å². The minimum absolute atomic E-state index is 0.216. The molecule has 0 spiro atoms. The lowest BCUT2D eigenvalue weighted by molar-refractivity contribution is -0.752. The highest BCUT2D eigenvalue weighted by Crippen LogP contribution is 2.25. The van der Waals surface area contributed by atoms with E-state index in [0.29, 0.717) is 60.3 Å². The normalized spacial score (nSPS) is 14.2. The van der Waals surface area contributed by atoms with Gasteiger partial charge >= 0.3 is 6.09 Å². The maximum Gasteiger partial charge on any atom is 0.410 e. The quantitative estimate of drug-likeness (QED) is 0.508. The number of ether oxygens (including phenoxy) is 1. The van der Waals surface area contributed by atoms with Gasteiger partial charge in [-0.2, -0.15) is 5.10 Å². The lowest BCUT2D eigenvalue weighted by Gasteiger charge is -2.35. The number of halogens is 1. The number of fused-ring (bicyclic) bond motifs is 1. The zero-order valence-corrected chi connectivity index (χ0v) is 23.1. The van der Waals surface area contributed by atoms with E-state index in [1.807, 2.05) is 43.5 Å². The Bertz CT molecular complexity index is 1310. The second-order valence-corrected chi connectivity index (χ2v) is 10.7. The summed E-state index contributed by atoms with van der Waals surface area (Å²) in [6.07, 6.45) is 1.59. The van der Waals surface area contributed by atoms with E-state index in [1.165, 1.54) is 0 Å². The first-order chi connectivity index (χ1) is 17.5. The molecule has 1 N–H and O–H groups in total. The Morgan fingerprint density at radius 2 is 1.89 bits per heavy atom. The summed E-state index contributed by atoms with van der Waals surface area (Å²) in [4.78, 5) is 40.9. The highest BCUT2D eigenvalue weighted by molar-refractivity contribution is 6.31. The molecule has 0 bridgehead atoms. The zero-order valence-electron chi connectivity index (χ0n) is 22.3. The topological polar surface area (TPSA) is 98.5 Å². The molecule has 198 valence electrons. The van der Waals surface area contributed by atoms with Gasteiger partial charge in [0.2, 0.25) is 11.6 Å². The Hall–Kier alpha value is -3.40. The molecular weight excluding hydrogens is 494 g/mol. The van der Waals surface area contributed by atoms with Crippen LogP contribution in [0.3, 0.4) is 0 Å². The van der Waals surface area contributed by atoms with E-state index in [9.17, 15) is 9.59 Å². The minimum atomic E-state index is -0.548. The number of rotatable bonds is 5. The number of piperazine rings is 1. The Morgan fingerprint density at radius 1 is 1.19 bits per heavy atom. The van der Waals surface area contributed by atoms with Gasteiger partial charge in [-0.3, -0.25) is 4.79 Å². The fourth-order valence-electron chi connectivity index (χ4n) is 4.34. The van der Waals surface area contributed by atoms with E-state index in [-0.39, 0.29) is 12.0 Å². The number of carbonyl (C=O) groups is 2. The van der Waals surface area contributed by atoms with E-state index in [1.54, 1.807) is 35.0 Å². The smallest absolute Gasteiger partial charge is 0.410 e. The Balaban J connectivity index is 1.58. The summed E-state index contributed by atoms with van der Waals surface area (Å²) in [6, 6.07) is 5.29. The number of aromatic amines is 1. The molecule has 1 aliphatic rings. The molecule has 11 heteroatoms. The van der Waals surface area contributed by atoms with Crippen LogP contribution in [0.25, 0.3) is 10.9 Å². The molecule has 0 aliphatic carbocycles. The number of amides is 2. The summed E-state index contributed by atoms with van der Waals surface area (Å²) in [6.45, 7) is 12.9. The molecule has 2 aromatic heterocycles. The van der Waals surface area contributed by atoms with Crippen molar-refractivity contribution in [3.05, 3.63) is 46.4 Å². The fraction of sp³-hybridized carbons (Fsp3) is 0.500. The molecule has 4 rings (SSSR count). The van der Waals surface area contributed by atoms with Gasteiger partial charge in [0.05, 0.1) is 23.8 Å². The lowest BCUT2D eigenvalue weighted by atomic mass is 10.1. The molecule has 1 saturated heterocycles. The molecule has 1 aliphatic heterocycles. The van der Waals surface area contributed by atoms with Crippen molar-refractivity contribution in [1.29, 1.82) is 0 Å². The van der Waals surface area contributed by atoms with Crippen LogP contribution >= 0.6 is 11.6 Å². The molecule has 0 radical (unpaired) electrons. The first-order valence-corrected chi connectivity index (χ1v) is 12.9. The molecule has 3 aromatic rings. The number of anilines is 1. The number of benzene rings is 1. The van der Waals surface area contributed by atoms with Gasteiger partial charge in [-0.1, -0.05) is 11.6 Å². The summed E-state index contributed by atoms with van der Waals surface area (Å²) in [5, 5.41) is 4.33. The van der Waals surface area contributed by atoms with E-state index in [2.05, 4.69) is 12.0 Å². The molecule has 0 atom stereocenters. The molecule has 10 nitrogen and oxygen atoms in total. The molecular formula is C26H35ClN7O3+. The summed E-state index contributed by atoms with van der Waals surface area (Å²) in [5.41, 5.74) is 2.51. The zero-order chi connectivity index (χ0) is 26.9. The monoisotopic (exact) mass is 528 g/mol. The van der Waals surface area contributed by atoms with Gasteiger partial charge in [0.25, 0.3) is 5.91 Å². The molecule has 0 unspecified atom stereocenters. The van der Waals surface area contributed by atoms with Gasteiger partial charge in [-0.15, -0.1) is 4.68 Å². The van der Waals surface area contributed by atoms with Crippen LogP contribution in [-0.2, 0) is 17.8 Å². The second-order valence-electron chi connectivity index (χ2n) is 10.3. The summed E-state index contributed by atoms with van der Waals surface area (Å²) >= 11 is 6.28.